The number of hydrogen-bond donors (Lipinski definition) is 2. The topological polar surface area (TPSA) is 94.0 Å². The zero-order valence-electron chi connectivity index (χ0n) is 12.2. The van der Waals surface area contributed by atoms with E-state index in [-0.39, 0.29) is 6.54 Å². The number of anilines is 1. The van der Waals surface area contributed by atoms with Crippen molar-refractivity contribution in [3.05, 3.63) is 29.6 Å². The van der Waals surface area contributed by atoms with E-state index in [1.54, 1.807) is 4.57 Å². The van der Waals surface area contributed by atoms with Crippen LogP contribution in [0.4, 0.5) is 5.82 Å². The molecule has 3 N–H and O–H groups in total. The highest BCUT2D eigenvalue weighted by molar-refractivity contribution is 6.12. The second-order valence-corrected chi connectivity index (χ2v) is 5.95. The maximum atomic E-state index is 11.2. The number of carbonyl (C=O) groups is 1. The molecule has 6 heteroatoms. The molecule has 0 saturated heterocycles. The number of nitrogens with zero attached hydrogens (tertiary/aromatic N) is 3. The molecular weight excluding hydrogens is 280 g/mol. The van der Waals surface area contributed by atoms with E-state index in [1.807, 2.05) is 6.92 Å². The van der Waals surface area contributed by atoms with Gasteiger partial charge in [-0.3, -0.25) is 4.79 Å². The summed E-state index contributed by atoms with van der Waals surface area (Å²) in [6, 6.07) is 4.28. The van der Waals surface area contributed by atoms with Crippen LogP contribution in [-0.2, 0) is 11.3 Å². The quantitative estimate of drug-likeness (QED) is 0.774. The highest BCUT2D eigenvalue weighted by atomic mass is 16.4. The minimum absolute atomic E-state index is 0.139. The SMILES string of the molecule is Cc1cc(C2CC2)cc2c3c(N)ncnc3n(CC(=O)O)c12. The highest BCUT2D eigenvalue weighted by Gasteiger charge is 2.26. The monoisotopic (exact) mass is 296 g/mol. The third-order valence-corrected chi connectivity index (χ3v) is 4.32. The van der Waals surface area contributed by atoms with Crippen molar-refractivity contribution in [2.24, 2.45) is 0 Å². The van der Waals surface area contributed by atoms with Crippen molar-refractivity contribution < 1.29 is 9.90 Å². The molecule has 1 aromatic carbocycles. The van der Waals surface area contributed by atoms with Crippen molar-refractivity contribution in [2.45, 2.75) is 32.2 Å². The molecule has 112 valence electrons. The largest absolute Gasteiger partial charge is 0.480 e. The summed E-state index contributed by atoms with van der Waals surface area (Å²) in [7, 11) is 0. The van der Waals surface area contributed by atoms with E-state index in [0.717, 1.165) is 21.9 Å². The van der Waals surface area contributed by atoms with Crippen LogP contribution >= 0.6 is 0 Å². The van der Waals surface area contributed by atoms with E-state index in [4.69, 9.17) is 5.73 Å². The number of fused-ring (bicyclic) bond motifs is 3. The summed E-state index contributed by atoms with van der Waals surface area (Å²) in [5, 5.41) is 10.9. The minimum atomic E-state index is -0.901. The van der Waals surface area contributed by atoms with Gasteiger partial charge in [0.05, 0.1) is 10.9 Å². The second kappa shape index (κ2) is 4.43. The van der Waals surface area contributed by atoms with E-state index in [9.17, 15) is 9.90 Å². The summed E-state index contributed by atoms with van der Waals surface area (Å²) in [6.07, 6.45) is 3.81. The minimum Gasteiger partial charge on any atom is -0.480 e. The lowest BCUT2D eigenvalue weighted by Gasteiger charge is -2.07. The summed E-state index contributed by atoms with van der Waals surface area (Å²) >= 11 is 0. The van der Waals surface area contributed by atoms with Crippen LogP contribution in [0.25, 0.3) is 21.9 Å². The summed E-state index contributed by atoms with van der Waals surface area (Å²) < 4.78 is 1.72. The molecule has 22 heavy (non-hydrogen) atoms. The molecular formula is C16H16N4O2. The molecule has 1 fully saturated rings. The number of nitrogen functional groups attached to an aromatic ring is 1. The van der Waals surface area contributed by atoms with Crippen LogP contribution in [0.15, 0.2) is 18.5 Å². The lowest BCUT2D eigenvalue weighted by atomic mass is 10.0. The van der Waals surface area contributed by atoms with Crippen molar-refractivity contribution >= 4 is 33.7 Å². The molecule has 1 saturated carbocycles. The van der Waals surface area contributed by atoms with Gasteiger partial charge in [-0.15, -0.1) is 0 Å². The molecule has 1 aliphatic carbocycles. The summed E-state index contributed by atoms with van der Waals surface area (Å²) in [5.41, 5.74) is 9.86. The first-order valence-corrected chi connectivity index (χ1v) is 7.31. The van der Waals surface area contributed by atoms with Crippen molar-refractivity contribution in [3.63, 3.8) is 0 Å². The molecule has 2 aromatic heterocycles. The number of carboxylic acids is 1. The maximum absolute atomic E-state index is 11.2. The van der Waals surface area contributed by atoms with Gasteiger partial charge >= 0.3 is 5.97 Å². The molecule has 6 nitrogen and oxygen atoms in total. The summed E-state index contributed by atoms with van der Waals surface area (Å²) in [5.74, 6) is 0.111. The molecule has 3 aromatic rings. The van der Waals surface area contributed by atoms with Crippen molar-refractivity contribution in [3.8, 4) is 0 Å². The van der Waals surface area contributed by atoms with Gasteiger partial charge in [-0.1, -0.05) is 6.07 Å². The molecule has 0 unspecified atom stereocenters. The first-order chi connectivity index (χ1) is 10.6. The zero-order valence-corrected chi connectivity index (χ0v) is 12.2. The van der Waals surface area contributed by atoms with Gasteiger partial charge in [0.15, 0.2) is 0 Å². The lowest BCUT2D eigenvalue weighted by Crippen LogP contribution is -2.09. The van der Waals surface area contributed by atoms with Gasteiger partial charge in [0, 0.05) is 5.39 Å². The van der Waals surface area contributed by atoms with Gasteiger partial charge in [0.2, 0.25) is 0 Å². The van der Waals surface area contributed by atoms with Gasteiger partial charge in [0.25, 0.3) is 0 Å². The molecule has 0 spiro atoms. The molecule has 4 rings (SSSR count). The number of rotatable bonds is 3. The fourth-order valence-electron chi connectivity index (χ4n) is 3.26. The van der Waals surface area contributed by atoms with Crippen molar-refractivity contribution in [2.75, 3.05) is 5.73 Å². The van der Waals surface area contributed by atoms with E-state index < -0.39 is 5.97 Å². The Hall–Kier alpha value is -2.63. The Morgan fingerprint density at radius 3 is 2.86 bits per heavy atom. The molecule has 0 radical (unpaired) electrons. The Balaban J connectivity index is 2.15. The lowest BCUT2D eigenvalue weighted by molar-refractivity contribution is -0.137. The van der Waals surface area contributed by atoms with Crippen LogP contribution in [0.2, 0.25) is 0 Å². The second-order valence-electron chi connectivity index (χ2n) is 5.95. The number of aromatic nitrogens is 3. The van der Waals surface area contributed by atoms with Crippen LogP contribution in [0.1, 0.15) is 29.9 Å². The van der Waals surface area contributed by atoms with Crippen LogP contribution in [0.3, 0.4) is 0 Å². The standard InChI is InChI=1S/C16H16N4O2/c1-8-4-10(9-2-3-9)5-11-13-15(17)18-7-19-16(13)20(14(8)11)6-12(21)22/h4-5,7,9H,2-3,6H2,1H3,(H,21,22)(H2,17,18,19). The number of aliphatic carboxylic acids is 1. The van der Waals surface area contributed by atoms with Gasteiger partial charge < -0.3 is 15.4 Å². The summed E-state index contributed by atoms with van der Waals surface area (Å²) in [6.45, 7) is 1.87. The van der Waals surface area contributed by atoms with E-state index in [2.05, 4.69) is 22.1 Å². The maximum Gasteiger partial charge on any atom is 0.323 e. The van der Waals surface area contributed by atoms with Gasteiger partial charge in [-0.25, -0.2) is 9.97 Å². The van der Waals surface area contributed by atoms with Crippen LogP contribution in [0.5, 0.6) is 0 Å². The van der Waals surface area contributed by atoms with Crippen LogP contribution < -0.4 is 5.73 Å². The highest BCUT2D eigenvalue weighted by Crippen LogP contribution is 2.43. The normalized spacial score (nSPS) is 14.8. The number of carboxylic acid groups (broad SMARTS) is 1. The number of hydrogen-bond acceptors (Lipinski definition) is 4. The third kappa shape index (κ3) is 1.83. The predicted octanol–water partition coefficient (Wildman–Crippen LogP) is 2.44. The Bertz CT molecular complexity index is 925. The molecule has 1 aliphatic rings. The van der Waals surface area contributed by atoms with Crippen molar-refractivity contribution in [1.29, 1.82) is 0 Å². The number of nitrogens with two attached hydrogens (primary N) is 1. The fourth-order valence-corrected chi connectivity index (χ4v) is 3.26. The third-order valence-electron chi connectivity index (χ3n) is 4.32. The molecule has 0 aliphatic heterocycles. The summed E-state index contributed by atoms with van der Waals surface area (Å²) in [4.78, 5) is 19.6. The Morgan fingerprint density at radius 2 is 2.18 bits per heavy atom. The molecule has 0 atom stereocenters. The Kier molecular flexibility index (Phi) is 2.63. The van der Waals surface area contributed by atoms with Gasteiger partial charge in [-0.2, -0.15) is 0 Å². The molecule has 2 heterocycles. The first kappa shape index (κ1) is 13.1. The molecule has 0 bridgehead atoms. The van der Waals surface area contributed by atoms with E-state index >= 15 is 0 Å². The number of benzene rings is 1. The fraction of sp³-hybridized carbons (Fsp3) is 0.312. The average molecular weight is 296 g/mol. The average Bonchev–Trinajstić information content (AvgIpc) is 3.24. The Labute approximate surface area is 126 Å². The number of aryl methyl sites for hydroxylation is 1. The van der Waals surface area contributed by atoms with E-state index in [1.165, 1.54) is 24.7 Å². The molecule has 0 amide bonds. The van der Waals surface area contributed by atoms with Crippen LogP contribution in [-0.4, -0.2) is 25.6 Å². The van der Waals surface area contributed by atoms with Crippen LogP contribution in [0, 0.1) is 6.92 Å². The van der Waals surface area contributed by atoms with Gasteiger partial charge in [0.1, 0.15) is 24.3 Å². The predicted molar refractivity (Wildman–Crippen MR) is 83.8 cm³/mol. The van der Waals surface area contributed by atoms with E-state index in [0.29, 0.717) is 17.4 Å². The zero-order chi connectivity index (χ0) is 15.4. The van der Waals surface area contributed by atoms with Gasteiger partial charge in [-0.05, 0) is 42.9 Å². The first-order valence-electron chi connectivity index (χ1n) is 7.31. The van der Waals surface area contributed by atoms with Crippen molar-refractivity contribution in [1.82, 2.24) is 14.5 Å². The Morgan fingerprint density at radius 1 is 1.41 bits per heavy atom. The smallest absolute Gasteiger partial charge is 0.323 e.